The Hall–Kier alpha value is -2.97. The average Bonchev–Trinajstić information content (AvgIpc) is 3.18. The summed E-state index contributed by atoms with van der Waals surface area (Å²) in [5.74, 6) is 2.48. The number of nitrogens with zero attached hydrogens (tertiary/aromatic N) is 5. The van der Waals surface area contributed by atoms with E-state index in [1.807, 2.05) is 18.9 Å². The van der Waals surface area contributed by atoms with Crippen LogP contribution in [0.15, 0.2) is 4.42 Å². The van der Waals surface area contributed by atoms with Gasteiger partial charge in [0.25, 0.3) is 5.91 Å². The summed E-state index contributed by atoms with van der Waals surface area (Å²) in [5.41, 5.74) is 2.54. The maximum absolute atomic E-state index is 13.1. The number of aromatic nitrogens is 3. The van der Waals surface area contributed by atoms with Crippen molar-refractivity contribution in [2.24, 2.45) is 0 Å². The van der Waals surface area contributed by atoms with Gasteiger partial charge in [0, 0.05) is 51.5 Å². The predicted molar refractivity (Wildman–Crippen MR) is 115 cm³/mol. The largest absolute Gasteiger partial charge is 0.435 e. The summed E-state index contributed by atoms with van der Waals surface area (Å²) >= 11 is 0. The second-order valence-corrected chi connectivity index (χ2v) is 8.26. The Morgan fingerprint density at radius 2 is 2.00 bits per heavy atom. The zero-order chi connectivity index (χ0) is 22.1. The van der Waals surface area contributed by atoms with Crippen molar-refractivity contribution in [1.82, 2.24) is 24.8 Å². The van der Waals surface area contributed by atoms with Crippen LogP contribution in [0.5, 0.6) is 0 Å². The Balaban J connectivity index is 1.60. The fourth-order valence-corrected chi connectivity index (χ4v) is 4.43. The van der Waals surface area contributed by atoms with Crippen LogP contribution in [0.2, 0.25) is 0 Å². The van der Waals surface area contributed by atoms with Crippen LogP contribution in [0.25, 0.3) is 0 Å². The number of carbonyl (C=O) groups excluding carboxylic acids is 2. The van der Waals surface area contributed by atoms with Crippen LogP contribution < -0.4 is 5.32 Å². The standard InChI is InChI=1S/C22H30N6O3/c1-5-18-24-13(2)19(31-18)22(30)28-10-8-16-17(12-28)25-20(26-21(16)23-4)15-7-6-9-27(11-15)14(3)29/h15H,5-12H2,1-4H3,(H,23,25,26). The molecule has 0 radical (unpaired) electrons. The molecule has 1 atom stereocenters. The summed E-state index contributed by atoms with van der Waals surface area (Å²) in [6, 6.07) is 0. The van der Waals surface area contributed by atoms with Crippen LogP contribution in [0.4, 0.5) is 5.82 Å². The van der Waals surface area contributed by atoms with E-state index < -0.39 is 0 Å². The molecule has 2 aromatic heterocycles. The first kappa shape index (κ1) is 21.3. The van der Waals surface area contributed by atoms with Crippen molar-refractivity contribution in [3.8, 4) is 0 Å². The summed E-state index contributed by atoms with van der Waals surface area (Å²) in [7, 11) is 1.86. The van der Waals surface area contributed by atoms with Gasteiger partial charge in [-0.3, -0.25) is 9.59 Å². The quantitative estimate of drug-likeness (QED) is 0.800. The molecule has 0 aromatic carbocycles. The van der Waals surface area contributed by atoms with Gasteiger partial charge in [-0.25, -0.2) is 15.0 Å². The van der Waals surface area contributed by atoms with Gasteiger partial charge in [-0.15, -0.1) is 0 Å². The minimum Gasteiger partial charge on any atom is -0.435 e. The van der Waals surface area contributed by atoms with Crippen LogP contribution in [0, 0.1) is 6.92 Å². The van der Waals surface area contributed by atoms with Gasteiger partial charge in [0.1, 0.15) is 11.6 Å². The Kier molecular flexibility index (Phi) is 5.93. The highest BCUT2D eigenvalue weighted by molar-refractivity contribution is 5.92. The third-order valence-electron chi connectivity index (χ3n) is 6.18. The smallest absolute Gasteiger partial charge is 0.291 e. The molecule has 2 aliphatic heterocycles. The van der Waals surface area contributed by atoms with Gasteiger partial charge < -0.3 is 19.5 Å². The van der Waals surface area contributed by atoms with E-state index in [4.69, 9.17) is 14.4 Å². The Labute approximate surface area is 182 Å². The van der Waals surface area contributed by atoms with E-state index in [-0.39, 0.29) is 17.7 Å². The number of amides is 2. The zero-order valence-corrected chi connectivity index (χ0v) is 18.7. The molecule has 2 amide bonds. The number of aryl methyl sites for hydroxylation is 2. The maximum Gasteiger partial charge on any atom is 0.291 e. The number of hydrogen-bond donors (Lipinski definition) is 1. The van der Waals surface area contributed by atoms with E-state index >= 15 is 0 Å². The molecule has 0 bridgehead atoms. The maximum atomic E-state index is 13.1. The number of oxazole rings is 1. The fourth-order valence-electron chi connectivity index (χ4n) is 4.43. The third-order valence-corrected chi connectivity index (χ3v) is 6.18. The lowest BCUT2D eigenvalue weighted by atomic mass is 9.96. The Bertz CT molecular complexity index is 1000. The molecule has 0 spiro atoms. The number of anilines is 1. The Morgan fingerprint density at radius 1 is 1.19 bits per heavy atom. The van der Waals surface area contributed by atoms with E-state index in [0.29, 0.717) is 49.8 Å². The van der Waals surface area contributed by atoms with Crippen LogP contribution in [-0.2, 0) is 24.2 Å². The molecular formula is C22H30N6O3. The lowest BCUT2D eigenvalue weighted by Gasteiger charge is -2.33. The molecule has 31 heavy (non-hydrogen) atoms. The predicted octanol–water partition coefficient (Wildman–Crippen LogP) is 2.30. The number of rotatable bonds is 4. The number of nitrogens with one attached hydrogen (secondary N) is 1. The average molecular weight is 427 g/mol. The van der Waals surface area contributed by atoms with Crippen molar-refractivity contribution in [3.05, 3.63) is 34.4 Å². The van der Waals surface area contributed by atoms with Gasteiger partial charge in [-0.2, -0.15) is 0 Å². The van der Waals surface area contributed by atoms with Crippen LogP contribution in [0.1, 0.15) is 71.8 Å². The highest BCUT2D eigenvalue weighted by Gasteiger charge is 2.31. The van der Waals surface area contributed by atoms with E-state index in [9.17, 15) is 9.59 Å². The molecule has 4 heterocycles. The minimum atomic E-state index is -0.151. The molecule has 0 aliphatic carbocycles. The Morgan fingerprint density at radius 3 is 2.68 bits per heavy atom. The highest BCUT2D eigenvalue weighted by Crippen LogP contribution is 2.30. The van der Waals surface area contributed by atoms with Crippen LogP contribution in [0.3, 0.4) is 0 Å². The topological polar surface area (TPSA) is 104 Å². The zero-order valence-electron chi connectivity index (χ0n) is 18.7. The van der Waals surface area contributed by atoms with Crippen molar-refractivity contribution in [3.63, 3.8) is 0 Å². The molecule has 1 saturated heterocycles. The molecule has 0 saturated carbocycles. The first-order chi connectivity index (χ1) is 14.9. The highest BCUT2D eigenvalue weighted by atomic mass is 16.4. The molecule has 2 aromatic rings. The summed E-state index contributed by atoms with van der Waals surface area (Å²) < 4.78 is 5.68. The van der Waals surface area contributed by atoms with Gasteiger partial charge in [-0.05, 0) is 26.2 Å². The number of carbonyl (C=O) groups is 2. The second kappa shape index (κ2) is 8.64. The normalized spacial score (nSPS) is 18.6. The third kappa shape index (κ3) is 4.13. The number of fused-ring (bicyclic) bond motifs is 1. The van der Waals surface area contributed by atoms with Gasteiger partial charge in [-0.1, -0.05) is 6.92 Å². The van der Waals surface area contributed by atoms with E-state index in [0.717, 1.165) is 42.3 Å². The SMILES string of the molecule is CCc1nc(C)c(C(=O)N2CCc3c(nc(C4CCCN(C(C)=O)C4)nc3NC)C2)o1. The van der Waals surface area contributed by atoms with Crippen LogP contribution >= 0.6 is 0 Å². The van der Waals surface area contributed by atoms with Crippen molar-refractivity contribution < 1.29 is 14.0 Å². The van der Waals surface area contributed by atoms with Gasteiger partial charge >= 0.3 is 0 Å². The molecule has 2 aliphatic rings. The fraction of sp³-hybridized carbons (Fsp3) is 0.591. The summed E-state index contributed by atoms with van der Waals surface area (Å²) in [6.07, 6.45) is 3.22. The first-order valence-electron chi connectivity index (χ1n) is 11.0. The van der Waals surface area contributed by atoms with E-state index in [1.54, 1.807) is 18.7 Å². The molecule has 1 fully saturated rings. The van der Waals surface area contributed by atoms with Crippen molar-refractivity contribution >= 4 is 17.6 Å². The summed E-state index contributed by atoms with van der Waals surface area (Å²) in [4.78, 5) is 42.6. The molecule has 9 nitrogen and oxygen atoms in total. The molecule has 166 valence electrons. The lowest BCUT2D eigenvalue weighted by molar-refractivity contribution is -0.130. The van der Waals surface area contributed by atoms with Gasteiger partial charge in [0.05, 0.1) is 17.9 Å². The molecule has 9 heteroatoms. The summed E-state index contributed by atoms with van der Waals surface area (Å²) in [6.45, 7) is 7.76. The molecule has 1 unspecified atom stereocenters. The number of likely N-dealkylation sites (tertiary alicyclic amines) is 1. The molecule has 4 rings (SSSR count). The van der Waals surface area contributed by atoms with Crippen molar-refractivity contribution in [1.29, 1.82) is 0 Å². The van der Waals surface area contributed by atoms with E-state index in [2.05, 4.69) is 10.3 Å². The van der Waals surface area contributed by atoms with Crippen molar-refractivity contribution in [2.75, 3.05) is 32.0 Å². The first-order valence-corrected chi connectivity index (χ1v) is 11.0. The monoisotopic (exact) mass is 426 g/mol. The number of hydrogen-bond acceptors (Lipinski definition) is 7. The van der Waals surface area contributed by atoms with Gasteiger partial charge in [0.2, 0.25) is 11.7 Å². The van der Waals surface area contributed by atoms with Crippen LogP contribution in [-0.4, -0.2) is 63.2 Å². The van der Waals surface area contributed by atoms with Gasteiger partial charge in [0.15, 0.2) is 5.89 Å². The van der Waals surface area contributed by atoms with E-state index in [1.165, 1.54) is 0 Å². The summed E-state index contributed by atoms with van der Waals surface area (Å²) in [5, 5.41) is 3.20. The van der Waals surface area contributed by atoms with Crippen molar-refractivity contribution in [2.45, 2.75) is 58.9 Å². The number of piperidine rings is 1. The molecular weight excluding hydrogens is 396 g/mol. The molecule has 1 N–H and O–H groups in total. The lowest BCUT2D eigenvalue weighted by Crippen LogP contribution is -2.39. The second-order valence-electron chi connectivity index (χ2n) is 8.26. The minimum absolute atomic E-state index is 0.0853.